The molecule has 9 nitrogen and oxygen atoms in total. The number of hydrogen-bond donors (Lipinski definition) is 2. The van der Waals surface area contributed by atoms with E-state index >= 15 is 0 Å². The number of carbonyl (C=O) groups excluding carboxylic acids is 1. The second-order valence-electron chi connectivity index (χ2n) is 7.88. The summed E-state index contributed by atoms with van der Waals surface area (Å²) in [5, 5.41) is 6.28. The lowest BCUT2D eigenvalue weighted by Crippen LogP contribution is -2.54. The quantitative estimate of drug-likeness (QED) is 0.665. The lowest BCUT2D eigenvalue weighted by molar-refractivity contribution is 0.102. The minimum Gasteiger partial charge on any atom is -0.354 e. The van der Waals surface area contributed by atoms with Crippen molar-refractivity contribution in [3.8, 4) is 11.5 Å². The first-order chi connectivity index (χ1) is 14.9. The van der Waals surface area contributed by atoms with E-state index in [0.29, 0.717) is 40.7 Å². The van der Waals surface area contributed by atoms with Crippen LogP contribution in [-0.4, -0.2) is 56.0 Å². The molecule has 4 heterocycles. The molecule has 1 saturated heterocycles. The maximum absolute atomic E-state index is 12.9. The minimum absolute atomic E-state index is 0.186. The number of nitrogens with zero attached hydrogens (tertiary/aromatic N) is 6. The minimum atomic E-state index is -0.309. The molecule has 1 aliphatic rings. The van der Waals surface area contributed by atoms with Gasteiger partial charge in [-0.2, -0.15) is 9.97 Å². The van der Waals surface area contributed by atoms with Gasteiger partial charge in [0, 0.05) is 31.4 Å². The Kier molecular flexibility index (Phi) is 5.85. The van der Waals surface area contributed by atoms with E-state index in [1.54, 1.807) is 19.2 Å². The predicted octanol–water partition coefficient (Wildman–Crippen LogP) is 2.38. The van der Waals surface area contributed by atoms with Crippen LogP contribution in [0, 0.1) is 13.8 Å². The van der Waals surface area contributed by atoms with Gasteiger partial charge in [-0.15, -0.1) is 0 Å². The summed E-state index contributed by atoms with van der Waals surface area (Å²) in [4.78, 5) is 37.0. The van der Waals surface area contributed by atoms with Gasteiger partial charge < -0.3 is 10.2 Å². The second kappa shape index (κ2) is 8.73. The number of aryl methyl sites for hydroxylation is 2. The average Bonchev–Trinajstić information content (AvgIpc) is 2.73. The van der Waals surface area contributed by atoms with Gasteiger partial charge in [-0.3, -0.25) is 15.1 Å². The number of amides is 1. The second-order valence-corrected chi connectivity index (χ2v) is 7.88. The van der Waals surface area contributed by atoms with Crippen LogP contribution in [0.1, 0.15) is 35.7 Å². The van der Waals surface area contributed by atoms with Crippen molar-refractivity contribution >= 4 is 17.7 Å². The maximum Gasteiger partial charge on any atom is 0.259 e. The number of aromatic nitrogens is 5. The Bertz CT molecular complexity index is 1080. The number of piperazine rings is 1. The van der Waals surface area contributed by atoms with Crippen LogP contribution < -0.4 is 15.5 Å². The summed E-state index contributed by atoms with van der Waals surface area (Å²) in [6.45, 7) is 9.66. The van der Waals surface area contributed by atoms with Crippen molar-refractivity contribution < 1.29 is 4.79 Å². The zero-order valence-corrected chi connectivity index (χ0v) is 18.1. The molecule has 9 heteroatoms. The molecule has 0 bridgehead atoms. The van der Waals surface area contributed by atoms with E-state index in [1.807, 2.05) is 31.2 Å². The van der Waals surface area contributed by atoms with Crippen molar-refractivity contribution in [2.75, 3.05) is 23.3 Å². The first-order valence-electron chi connectivity index (χ1n) is 10.3. The van der Waals surface area contributed by atoms with Gasteiger partial charge in [-0.1, -0.05) is 6.07 Å². The molecule has 0 aliphatic carbocycles. The van der Waals surface area contributed by atoms with E-state index in [0.717, 1.165) is 18.9 Å². The topological polar surface area (TPSA) is 109 Å². The SMILES string of the molecule is Cc1nc(NC(=O)c2ccc(N3C[C@@H](C)N[C@@H](C)C3)nc2C)nc(-c2ccccn2)n1. The summed E-state index contributed by atoms with van der Waals surface area (Å²) in [6.07, 6.45) is 1.67. The summed E-state index contributed by atoms with van der Waals surface area (Å²) >= 11 is 0. The van der Waals surface area contributed by atoms with E-state index < -0.39 is 0 Å². The Morgan fingerprint density at radius 2 is 1.81 bits per heavy atom. The molecule has 2 atom stereocenters. The molecule has 0 unspecified atom stereocenters. The van der Waals surface area contributed by atoms with Crippen molar-refractivity contribution in [2.45, 2.75) is 39.8 Å². The predicted molar refractivity (Wildman–Crippen MR) is 119 cm³/mol. The number of carbonyl (C=O) groups is 1. The monoisotopic (exact) mass is 418 g/mol. The molecule has 0 aromatic carbocycles. The van der Waals surface area contributed by atoms with E-state index in [2.05, 4.69) is 54.3 Å². The van der Waals surface area contributed by atoms with E-state index in [-0.39, 0.29) is 11.9 Å². The molecule has 1 fully saturated rings. The van der Waals surface area contributed by atoms with Crippen molar-refractivity contribution in [1.29, 1.82) is 0 Å². The third-order valence-electron chi connectivity index (χ3n) is 5.06. The van der Waals surface area contributed by atoms with Crippen molar-refractivity contribution in [2.24, 2.45) is 0 Å². The molecular weight excluding hydrogens is 392 g/mol. The number of rotatable bonds is 4. The third kappa shape index (κ3) is 4.83. The molecule has 0 spiro atoms. The molecule has 1 amide bonds. The van der Waals surface area contributed by atoms with Crippen LogP contribution in [0.4, 0.5) is 11.8 Å². The van der Waals surface area contributed by atoms with Crippen molar-refractivity contribution in [3.63, 3.8) is 0 Å². The third-order valence-corrected chi connectivity index (χ3v) is 5.06. The molecule has 0 radical (unpaired) electrons. The molecular formula is C22H26N8O. The molecule has 4 rings (SSSR count). The number of hydrogen-bond acceptors (Lipinski definition) is 8. The fourth-order valence-electron chi connectivity index (χ4n) is 3.79. The molecule has 31 heavy (non-hydrogen) atoms. The van der Waals surface area contributed by atoms with Crippen molar-refractivity contribution in [1.82, 2.24) is 30.2 Å². The molecule has 2 N–H and O–H groups in total. The van der Waals surface area contributed by atoms with E-state index in [9.17, 15) is 4.79 Å². The summed E-state index contributed by atoms with van der Waals surface area (Å²) in [7, 11) is 0. The van der Waals surface area contributed by atoms with E-state index in [4.69, 9.17) is 0 Å². The molecule has 1 aliphatic heterocycles. The summed E-state index contributed by atoms with van der Waals surface area (Å²) < 4.78 is 0. The first-order valence-corrected chi connectivity index (χ1v) is 10.3. The Morgan fingerprint density at radius 3 is 2.48 bits per heavy atom. The van der Waals surface area contributed by atoms with Gasteiger partial charge in [0.05, 0.1) is 11.3 Å². The summed E-state index contributed by atoms with van der Waals surface area (Å²) in [6, 6.07) is 9.95. The number of anilines is 2. The fourth-order valence-corrected chi connectivity index (χ4v) is 3.79. The van der Waals surface area contributed by atoms with Crippen LogP contribution in [0.15, 0.2) is 36.5 Å². The highest BCUT2D eigenvalue weighted by Gasteiger charge is 2.23. The smallest absolute Gasteiger partial charge is 0.259 e. The average molecular weight is 419 g/mol. The standard InChI is InChI=1S/C22H26N8O/c1-13-11-30(12-14(2)24-13)19-9-8-17(15(3)25-19)21(31)29-22-27-16(4)26-20(28-22)18-7-5-6-10-23-18/h5-10,13-14,24H,11-12H2,1-4H3,(H,26,27,28,29,31)/t13-,14+. The molecule has 3 aromatic heterocycles. The maximum atomic E-state index is 12.9. The Morgan fingerprint density at radius 1 is 1.03 bits per heavy atom. The molecule has 0 saturated carbocycles. The van der Waals surface area contributed by atoms with Crippen LogP contribution in [0.3, 0.4) is 0 Å². The zero-order valence-electron chi connectivity index (χ0n) is 18.1. The molecule has 160 valence electrons. The lowest BCUT2D eigenvalue weighted by Gasteiger charge is -2.37. The van der Waals surface area contributed by atoms with Gasteiger partial charge in [-0.05, 0) is 52.0 Å². The zero-order chi connectivity index (χ0) is 22.0. The number of nitrogens with one attached hydrogen (secondary N) is 2. The van der Waals surface area contributed by atoms with Crippen molar-refractivity contribution in [3.05, 3.63) is 53.6 Å². The first kappa shape index (κ1) is 20.8. The van der Waals surface area contributed by atoms with Gasteiger partial charge in [-0.25, -0.2) is 9.97 Å². The van der Waals surface area contributed by atoms with Gasteiger partial charge in [0.15, 0.2) is 5.82 Å². The van der Waals surface area contributed by atoms with Crippen LogP contribution >= 0.6 is 0 Å². The van der Waals surface area contributed by atoms with Crippen LogP contribution in [-0.2, 0) is 0 Å². The highest BCUT2D eigenvalue weighted by Crippen LogP contribution is 2.19. The lowest BCUT2D eigenvalue weighted by atomic mass is 10.1. The van der Waals surface area contributed by atoms with Crippen LogP contribution in [0.2, 0.25) is 0 Å². The summed E-state index contributed by atoms with van der Waals surface area (Å²) in [5.41, 5.74) is 1.76. The van der Waals surface area contributed by atoms with Gasteiger partial charge >= 0.3 is 0 Å². The van der Waals surface area contributed by atoms with Gasteiger partial charge in [0.25, 0.3) is 5.91 Å². The number of pyridine rings is 2. The fraction of sp³-hybridized carbons (Fsp3) is 0.364. The highest BCUT2D eigenvalue weighted by molar-refractivity contribution is 6.04. The Balaban J connectivity index is 1.53. The molecule has 3 aromatic rings. The Labute approximate surface area is 181 Å². The van der Waals surface area contributed by atoms with Gasteiger partial charge in [0.1, 0.15) is 17.3 Å². The van der Waals surface area contributed by atoms with Gasteiger partial charge in [0.2, 0.25) is 5.95 Å². The summed E-state index contributed by atoms with van der Waals surface area (Å²) in [5.74, 6) is 1.67. The van der Waals surface area contributed by atoms with E-state index in [1.165, 1.54) is 0 Å². The normalized spacial score (nSPS) is 18.6. The Hall–Kier alpha value is -3.46. The largest absolute Gasteiger partial charge is 0.354 e. The van der Waals surface area contributed by atoms with Crippen LogP contribution in [0.5, 0.6) is 0 Å². The van der Waals surface area contributed by atoms with Crippen LogP contribution in [0.25, 0.3) is 11.5 Å². The highest BCUT2D eigenvalue weighted by atomic mass is 16.1.